The molecule has 2 rings (SSSR count). The molecule has 1 saturated carbocycles. The van der Waals surface area contributed by atoms with E-state index in [4.69, 9.17) is 0 Å². The Hall–Kier alpha value is -1.03. The third-order valence-corrected chi connectivity index (χ3v) is 4.22. The fourth-order valence-electron chi connectivity index (χ4n) is 3.04. The van der Waals surface area contributed by atoms with Crippen molar-refractivity contribution in [2.24, 2.45) is 11.8 Å². The highest BCUT2D eigenvalue weighted by Crippen LogP contribution is 2.37. The van der Waals surface area contributed by atoms with Crippen molar-refractivity contribution in [1.29, 1.82) is 0 Å². The van der Waals surface area contributed by atoms with Crippen LogP contribution in [0.2, 0.25) is 0 Å². The maximum Gasteiger partial charge on any atom is 0.161 e. The molecule has 0 amide bonds. The van der Waals surface area contributed by atoms with Crippen molar-refractivity contribution in [2.45, 2.75) is 38.6 Å². The SMILES string of the molecule is CNC(c1cc(F)c(F)cc1F)C1CCC(C)CC1. The summed E-state index contributed by atoms with van der Waals surface area (Å²) in [5, 5.41) is 3.06. The first-order chi connectivity index (χ1) is 9.02. The van der Waals surface area contributed by atoms with Crippen LogP contribution < -0.4 is 5.32 Å². The second kappa shape index (κ2) is 5.95. The summed E-state index contributed by atoms with van der Waals surface area (Å²) in [6, 6.07) is 1.38. The van der Waals surface area contributed by atoms with Gasteiger partial charge in [-0.3, -0.25) is 0 Å². The van der Waals surface area contributed by atoms with E-state index in [1.807, 2.05) is 0 Å². The van der Waals surface area contributed by atoms with Crippen LogP contribution in [-0.4, -0.2) is 7.05 Å². The van der Waals surface area contributed by atoms with Crippen LogP contribution in [-0.2, 0) is 0 Å². The molecule has 1 unspecified atom stereocenters. The van der Waals surface area contributed by atoms with E-state index in [0.717, 1.165) is 31.7 Å². The van der Waals surface area contributed by atoms with Crippen LogP contribution in [0.4, 0.5) is 13.2 Å². The molecule has 1 nitrogen and oxygen atoms in total. The first-order valence-electron chi connectivity index (χ1n) is 6.84. The summed E-state index contributed by atoms with van der Waals surface area (Å²) in [5.74, 6) is -1.81. The van der Waals surface area contributed by atoms with E-state index in [9.17, 15) is 13.2 Å². The van der Waals surface area contributed by atoms with Crippen LogP contribution >= 0.6 is 0 Å². The van der Waals surface area contributed by atoms with E-state index < -0.39 is 17.5 Å². The van der Waals surface area contributed by atoms with Crippen molar-refractivity contribution in [3.8, 4) is 0 Å². The smallest absolute Gasteiger partial charge is 0.161 e. The lowest BCUT2D eigenvalue weighted by atomic mass is 9.77. The molecular weight excluding hydrogens is 251 g/mol. The van der Waals surface area contributed by atoms with Crippen LogP contribution in [0.25, 0.3) is 0 Å². The molecular formula is C15H20F3N. The summed E-state index contributed by atoms with van der Waals surface area (Å²) in [5.41, 5.74) is 0.237. The largest absolute Gasteiger partial charge is 0.313 e. The molecule has 1 fully saturated rings. The molecule has 0 spiro atoms. The van der Waals surface area contributed by atoms with Crippen molar-refractivity contribution in [2.75, 3.05) is 7.05 Å². The second-order valence-corrected chi connectivity index (χ2v) is 5.57. The molecule has 106 valence electrons. The highest BCUT2D eigenvalue weighted by atomic mass is 19.2. The summed E-state index contributed by atoms with van der Waals surface area (Å²) < 4.78 is 40.2. The van der Waals surface area contributed by atoms with Gasteiger partial charge in [-0.2, -0.15) is 0 Å². The molecule has 0 saturated heterocycles. The average Bonchev–Trinajstić information content (AvgIpc) is 2.38. The van der Waals surface area contributed by atoms with Gasteiger partial charge in [-0.1, -0.05) is 19.8 Å². The maximum absolute atomic E-state index is 13.9. The number of nitrogens with one attached hydrogen (secondary N) is 1. The minimum Gasteiger partial charge on any atom is -0.313 e. The summed E-state index contributed by atoms with van der Waals surface area (Å²) >= 11 is 0. The van der Waals surface area contributed by atoms with Crippen molar-refractivity contribution in [1.82, 2.24) is 5.32 Å². The predicted octanol–water partition coefficient (Wildman–Crippen LogP) is 4.19. The van der Waals surface area contributed by atoms with Gasteiger partial charge in [0, 0.05) is 17.7 Å². The fraction of sp³-hybridized carbons (Fsp3) is 0.600. The van der Waals surface area contributed by atoms with Crippen molar-refractivity contribution in [3.05, 3.63) is 35.1 Å². The molecule has 1 aliphatic carbocycles. The fourth-order valence-corrected chi connectivity index (χ4v) is 3.04. The van der Waals surface area contributed by atoms with Gasteiger partial charge in [-0.15, -0.1) is 0 Å². The van der Waals surface area contributed by atoms with E-state index in [1.165, 1.54) is 0 Å². The third-order valence-electron chi connectivity index (χ3n) is 4.22. The van der Waals surface area contributed by atoms with E-state index >= 15 is 0 Å². The molecule has 0 aromatic heterocycles. The maximum atomic E-state index is 13.9. The molecule has 0 bridgehead atoms. The van der Waals surface area contributed by atoms with Gasteiger partial charge in [0.15, 0.2) is 11.6 Å². The quantitative estimate of drug-likeness (QED) is 0.813. The Kier molecular flexibility index (Phi) is 4.50. The number of hydrogen-bond acceptors (Lipinski definition) is 1. The molecule has 4 heteroatoms. The monoisotopic (exact) mass is 271 g/mol. The predicted molar refractivity (Wildman–Crippen MR) is 69.2 cm³/mol. The van der Waals surface area contributed by atoms with Gasteiger partial charge in [-0.05, 0) is 37.8 Å². The normalized spacial score (nSPS) is 25.3. The first-order valence-corrected chi connectivity index (χ1v) is 6.84. The van der Waals surface area contributed by atoms with Gasteiger partial charge in [0.2, 0.25) is 0 Å². The number of rotatable bonds is 3. The van der Waals surface area contributed by atoms with Crippen LogP contribution in [0.15, 0.2) is 12.1 Å². The Balaban J connectivity index is 2.24. The van der Waals surface area contributed by atoms with Crippen LogP contribution in [0.1, 0.15) is 44.2 Å². The van der Waals surface area contributed by atoms with Crippen LogP contribution in [0, 0.1) is 29.3 Å². The Morgan fingerprint density at radius 1 is 1.00 bits per heavy atom. The average molecular weight is 271 g/mol. The van der Waals surface area contributed by atoms with E-state index in [0.29, 0.717) is 12.0 Å². The summed E-state index contributed by atoms with van der Waals surface area (Å²) in [6.45, 7) is 2.21. The molecule has 19 heavy (non-hydrogen) atoms. The van der Waals surface area contributed by atoms with Crippen molar-refractivity contribution in [3.63, 3.8) is 0 Å². The van der Waals surface area contributed by atoms with Crippen molar-refractivity contribution >= 4 is 0 Å². The standard InChI is InChI=1S/C15H20F3N/c1-9-3-5-10(6-4-9)15(19-2)11-7-13(17)14(18)8-12(11)16/h7-10,15,19H,3-6H2,1-2H3. The summed E-state index contributed by atoms with van der Waals surface area (Å²) in [7, 11) is 1.74. The van der Waals surface area contributed by atoms with Gasteiger partial charge in [0.25, 0.3) is 0 Å². The number of hydrogen-bond donors (Lipinski definition) is 1. The molecule has 1 N–H and O–H groups in total. The molecule has 1 aromatic carbocycles. The molecule has 0 radical (unpaired) electrons. The zero-order valence-electron chi connectivity index (χ0n) is 11.3. The van der Waals surface area contributed by atoms with Gasteiger partial charge < -0.3 is 5.32 Å². The summed E-state index contributed by atoms with van der Waals surface area (Å²) in [6.07, 6.45) is 4.19. The number of halogens is 3. The summed E-state index contributed by atoms with van der Waals surface area (Å²) in [4.78, 5) is 0. The van der Waals surface area contributed by atoms with E-state index in [2.05, 4.69) is 12.2 Å². The van der Waals surface area contributed by atoms with E-state index in [-0.39, 0.29) is 17.5 Å². The Morgan fingerprint density at radius 3 is 2.16 bits per heavy atom. The van der Waals surface area contributed by atoms with Gasteiger partial charge >= 0.3 is 0 Å². The number of benzene rings is 1. The Bertz CT molecular complexity index is 439. The minimum absolute atomic E-state index is 0.237. The Labute approximate surface area is 112 Å². The topological polar surface area (TPSA) is 12.0 Å². The molecule has 1 aromatic rings. The second-order valence-electron chi connectivity index (χ2n) is 5.57. The van der Waals surface area contributed by atoms with Crippen LogP contribution in [0.3, 0.4) is 0 Å². The lowest BCUT2D eigenvalue weighted by Crippen LogP contribution is -2.29. The highest BCUT2D eigenvalue weighted by Gasteiger charge is 2.28. The van der Waals surface area contributed by atoms with Crippen LogP contribution in [0.5, 0.6) is 0 Å². The highest BCUT2D eigenvalue weighted by molar-refractivity contribution is 5.24. The molecule has 1 atom stereocenters. The van der Waals surface area contributed by atoms with Gasteiger partial charge in [0.05, 0.1) is 0 Å². The zero-order valence-corrected chi connectivity index (χ0v) is 11.3. The minimum atomic E-state index is -1.13. The molecule has 1 aliphatic rings. The third kappa shape index (κ3) is 3.11. The van der Waals surface area contributed by atoms with Gasteiger partial charge in [0.1, 0.15) is 5.82 Å². The lowest BCUT2D eigenvalue weighted by Gasteiger charge is -2.33. The Morgan fingerprint density at radius 2 is 1.58 bits per heavy atom. The van der Waals surface area contributed by atoms with E-state index in [1.54, 1.807) is 7.05 Å². The lowest BCUT2D eigenvalue weighted by molar-refractivity contribution is 0.234. The molecule has 0 aliphatic heterocycles. The first kappa shape index (κ1) is 14.4. The molecule has 0 heterocycles. The van der Waals surface area contributed by atoms with Crippen molar-refractivity contribution < 1.29 is 13.2 Å². The zero-order chi connectivity index (χ0) is 14.0. The van der Waals surface area contributed by atoms with Gasteiger partial charge in [-0.25, -0.2) is 13.2 Å².